The molecule has 2 atom stereocenters. The van der Waals surface area contributed by atoms with E-state index in [1.54, 1.807) is 20.2 Å². The number of alkyl carbamates (subject to hydrolysis) is 1. The van der Waals surface area contributed by atoms with Crippen molar-refractivity contribution in [2.45, 2.75) is 25.3 Å². The summed E-state index contributed by atoms with van der Waals surface area (Å²) in [5.41, 5.74) is 4.96. The van der Waals surface area contributed by atoms with E-state index in [1.807, 2.05) is 24.3 Å². The normalized spacial score (nSPS) is 13.9. The number of aromatic nitrogens is 2. The molecule has 1 aliphatic rings. The number of amides is 2. The second-order valence-electron chi connectivity index (χ2n) is 8.67. The lowest BCUT2D eigenvalue weighted by Crippen LogP contribution is -2.38. The number of carbonyl (C=O) groups excluding carboxylic acids is 2. The summed E-state index contributed by atoms with van der Waals surface area (Å²) in [6.07, 6.45) is 2.72. The van der Waals surface area contributed by atoms with Gasteiger partial charge in [-0.25, -0.2) is 9.59 Å². The minimum Gasteiger partial charge on any atom is -0.479 e. The largest absolute Gasteiger partial charge is 0.479 e. The van der Waals surface area contributed by atoms with Crippen molar-refractivity contribution in [2.24, 2.45) is 13.0 Å². The molecule has 2 aromatic carbocycles. The first-order valence-corrected chi connectivity index (χ1v) is 11.5. The van der Waals surface area contributed by atoms with E-state index in [9.17, 15) is 19.5 Å². The molecule has 35 heavy (non-hydrogen) atoms. The van der Waals surface area contributed by atoms with Gasteiger partial charge in [0, 0.05) is 37.2 Å². The van der Waals surface area contributed by atoms with Gasteiger partial charge < -0.3 is 20.5 Å². The number of carboxylic acid groups (broad SMARTS) is 1. The molecule has 4 rings (SSSR count). The van der Waals surface area contributed by atoms with Crippen molar-refractivity contribution in [1.82, 2.24) is 20.4 Å². The molecule has 3 aromatic rings. The molecule has 1 heterocycles. The van der Waals surface area contributed by atoms with Crippen LogP contribution in [0.15, 0.2) is 60.9 Å². The van der Waals surface area contributed by atoms with E-state index >= 15 is 0 Å². The van der Waals surface area contributed by atoms with Crippen LogP contribution in [0.4, 0.5) is 4.79 Å². The zero-order chi connectivity index (χ0) is 24.9. The highest BCUT2D eigenvalue weighted by Crippen LogP contribution is 2.44. The molecular formula is C26H28N4O5. The van der Waals surface area contributed by atoms with Gasteiger partial charge in [-0.2, -0.15) is 5.10 Å². The zero-order valence-corrected chi connectivity index (χ0v) is 19.6. The minimum atomic E-state index is -1.19. The molecule has 2 amide bonds. The highest BCUT2D eigenvalue weighted by Gasteiger charge is 2.29. The second-order valence-corrected chi connectivity index (χ2v) is 8.67. The molecule has 9 nitrogen and oxygen atoms in total. The average molecular weight is 477 g/mol. The maximum Gasteiger partial charge on any atom is 0.407 e. The maximum absolute atomic E-state index is 12.5. The van der Waals surface area contributed by atoms with Crippen LogP contribution in [0.25, 0.3) is 11.1 Å². The van der Waals surface area contributed by atoms with Crippen molar-refractivity contribution in [2.75, 3.05) is 13.2 Å². The van der Waals surface area contributed by atoms with E-state index in [0.29, 0.717) is 12.0 Å². The number of ether oxygens (including phenoxy) is 1. The van der Waals surface area contributed by atoms with Crippen molar-refractivity contribution in [1.29, 1.82) is 0 Å². The number of nitrogens with zero attached hydrogens (tertiary/aromatic N) is 2. The van der Waals surface area contributed by atoms with E-state index in [-0.39, 0.29) is 19.1 Å². The van der Waals surface area contributed by atoms with Gasteiger partial charge in [0.05, 0.1) is 6.20 Å². The maximum atomic E-state index is 12.5. The lowest BCUT2D eigenvalue weighted by Gasteiger charge is -2.17. The Bertz CT molecular complexity index is 1190. The van der Waals surface area contributed by atoms with Crippen LogP contribution in [0.3, 0.4) is 0 Å². The quantitative estimate of drug-likeness (QED) is 0.436. The fraction of sp³-hybridized carbons (Fsp3) is 0.308. The van der Waals surface area contributed by atoms with Crippen molar-refractivity contribution < 1.29 is 24.2 Å². The van der Waals surface area contributed by atoms with Gasteiger partial charge in [-0.05, 0) is 28.7 Å². The molecule has 0 aliphatic heterocycles. The predicted octanol–water partition coefficient (Wildman–Crippen LogP) is 3.23. The number of hydrogen-bond donors (Lipinski definition) is 3. The van der Waals surface area contributed by atoms with Crippen molar-refractivity contribution in [3.8, 4) is 11.1 Å². The number of rotatable bonds is 9. The summed E-state index contributed by atoms with van der Waals surface area (Å²) in [6.45, 7) is 2.11. The third-order valence-electron chi connectivity index (χ3n) is 6.23. The highest BCUT2D eigenvalue weighted by molar-refractivity contribution is 5.85. The Morgan fingerprint density at radius 2 is 1.71 bits per heavy atom. The third kappa shape index (κ3) is 5.34. The number of benzene rings is 2. The minimum absolute atomic E-state index is 0.0294. The van der Waals surface area contributed by atoms with Gasteiger partial charge in [0.2, 0.25) is 5.91 Å². The van der Waals surface area contributed by atoms with Gasteiger partial charge in [0.1, 0.15) is 6.61 Å². The Morgan fingerprint density at radius 1 is 1.09 bits per heavy atom. The van der Waals surface area contributed by atoms with Crippen LogP contribution in [0.2, 0.25) is 0 Å². The average Bonchev–Trinajstić information content (AvgIpc) is 3.42. The van der Waals surface area contributed by atoms with Crippen molar-refractivity contribution >= 4 is 18.0 Å². The fourth-order valence-corrected chi connectivity index (χ4v) is 4.33. The topological polar surface area (TPSA) is 123 Å². The first-order chi connectivity index (χ1) is 16.8. The van der Waals surface area contributed by atoms with Crippen LogP contribution in [0, 0.1) is 5.92 Å². The standard InChI is InChI=1S/C26H28N4O5/c1-16(24(31)29-23(25(32)33)17-13-28-30(2)14-17)11-12-27-26(34)35-15-22-20-9-5-3-7-18(20)19-8-4-6-10-21(19)22/h3-10,13-14,16,22-23H,11-12,15H2,1-2H3,(H,27,34)(H,29,31)(H,32,33). The Kier molecular flexibility index (Phi) is 7.14. The third-order valence-corrected chi connectivity index (χ3v) is 6.23. The molecule has 2 unspecified atom stereocenters. The smallest absolute Gasteiger partial charge is 0.407 e. The summed E-state index contributed by atoms with van der Waals surface area (Å²) >= 11 is 0. The van der Waals surface area contributed by atoms with E-state index in [2.05, 4.69) is 40.0 Å². The molecule has 3 N–H and O–H groups in total. The van der Waals surface area contributed by atoms with Crippen LogP contribution in [-0.2, 0) is 21.4 Å². The number of carbonyl (C=O) groups is 3. The summed E-state index contributed by atoms with van der Waals surface area (Å²) in [7, 11) is 1.67. The Morgan fingerprint density at radius 3 is 2.29 bits per heavy atom. The highest BCUT2D eigenvalue weighted by atomic mass is 16.5. The molecule has 0 bridgehead atoms. The summed E-state index contributed by atoms with van der Waals surface area (Å²) in [5, 5.41) is 18.6. The van der Waals surface area contributed by atoms with Gasteiger partial charge in [-0.3, -0.25) is 9.48 Å². The SMILES string of the molecule is CC(CCNC(=O)OCC1c2ccccc2-c2ccccc21)C(=O)NC(C(=O)O)c1cnn(C)c1. The van der Waals surface area contributed by atoms with E-state index in [4.69, 9.17) is 4.74 Å². The van der Waals surface area contributed by atoms with E-state index < -0.39 is 29.9 Å². The number of nitrogens with one attached hydrogen (secondary N) is 2. The number of fused-ring (bicyclic) bond motifs is 3. The molecule has 182 valence electrons. The number of hydrogen-bond acceptors (Lipinski definition) is 5. The Balaban J connectivity index is 1.25. The molecule has 1 aromatic heterocycles. The van der Waals surface area contributed by atoms with Gasteiger partial charge in [0.15, 0.2) is 6.04 Å². The molecule has 9 heteroatoms. The molecule has 0 radical (unpaired) electrons. The van der Waals surface area contributed by atoms with Gasteiger partial charge in [-0.15, -0.1) is 0 Å². The first kappa shape index (κ1) is 24.0. The molecule has 0 spiro atoms. The number of aliphatic carboxylic acids is 1. The zero-order valence-electron chi connectivity index (χ0n) is 19.6. The van der Waals surface area contributed by atoms with Crippen LogP contribution in [-0.4, -0.2) is 46.0 Å². The summed E-state index contributed by atoms with van der Waals surface area (Å²) in [6, 6.07) is 15.0. The fourth-order valence-electron chi connectivity index (χ4n) is 4.33. The van der Waals surface area contributed by atoms with Crippen LogP contribution >= 0.6 is 0 Å². The predicted molar refractivity (Wildman–Crippen MR) is 129 cm³/mol. The summed E-state index contributed by atoms with van der Waals surface area (Å²) in [4.78, 5) is 36.4. The Labute approximate surface area is 203 Å². The van der Waals surface area contributed by atoms with Gasteiger partial charge in [-0.1, -0.05) is 55.5 Å². The first-order valence-electron chi connectivity index (χ1n) is 11.5. The summed E-state index contributed by atoms with van der Waals surface area (Å²) < 4.78 is 6.97. The van der Waals surface area contributed by atoms with Crippen molar-refractivity contribution in [3.05, 3.63) is 77.6 Å². The van der Waals surface area contributed by atoms with E-state index in [0.717, 1.165) is 22.3 Å². The molecule has 0 fully saturated rings. The summed E-state index contributed by atoms with van der Waals surface area (Å²) in [5.74, 6) is -2.13. The molecular weight excluding hydrogens is 448 g/mol. The number of carboxylic acids is 1. The van der Waals surface area contributed by atoms with Gasteiger partial charge in [0.25, 0.3) is 0 Å². The van der Waals surface area contributed by atoms with Crippen molar-refractivity contribution in [3.63, 3.8) is 0 Å². The lowest BCUT2D eigenvalue weighted by molar-refractivity contribution is -0.142. The van der Waals surface area contributed by atoms with Crippen LogP contribution in [0.1, 0.15) is 42.0 Å². The van der Waals surface area contributed by atoms with Gasteiger partial charge >= 0.3 is 12.1 Å². The number of aryl methyl sites for hydroxylation is 1. The monoisotopic (exact) mass is 476 g/mol. The van der Waals surface area contributed by atoms with Crippen LogP contribution in [0.5, 0.6) is 0 Å². The molecule has 0 saturated carbocycles. The molecule has 1 aliphatic carbocycles. The second kappa shape index (κ2) is 10.4. The molecule has 0 saturated heterocycles. The lowest BCUT2D eigenvalue weighted by atomic mass is 9.98. The van der Waals surface area contributed by atoms with Crippen LogP contribution < -0.4 is 10.6 Å². The Hall–Kier alpha value is -4.14. The van der Waals surface area contributed by atoms with E-state index in [1.165, 1.54) is 10.9 Å².